The third-order valence-electron chi connectivity index (χ3n) is 4.08. The van der Waals surface area contributed by atoms with Gasteiger partial charge in [0.25, 0.3) is 0 Å². The highest BCUT2D eigenvalue weighted by Gasteiger charge is 2.17. The van der Waals surface area contributed by atoms with Crippen molar-refractivity contribution in [2.24, 2.45) is 5.92 Å². The molecule has 0 aromatic heterocycles. The molecule has 0 unspecified atom stereocenters. The Morgan fingerprint density at radius 3 is 2.47 bits per heavy atom. The number of hydrogen-bond donors (Lipinski definition) is 0. The van der Waals surface area contributed by atoms with Gasteiger partial charge in [-0.1, -0.05) is 32.9 Å². The third-order valence-corrected chi connectivity index (χ3v) is 4.08. The van der Waals surface area contributed by atoms with Crippen LogP contribution in [0.1, 0.15) is 32.8 Å². The fourth-order valence-corrected chi connectivity index (χ4v) is 2.64. The highest BCUT2D eigenvalue weighted by atomic mass is 15.3. The molecule has 0 radical (unpaired) electrons. The fourth-order valence-electron chi connectivity index (χ4n) is 2.64. The van der Waals surface area contributed by atoms with E-state index in [0.717, 1.165) is 12.3 Å². The Balaban J connectivity index is 1.85. The number of hydrogen-bond acceptors (Lipinski definition) is 2. The average Bonchev–Trinajstić information content (AvgIpc) is 2.45. The fraction of sp³-hybridized carbons (Fsp3) is 0.647. The van der Waals surface area contributed by atoms with Crippen LogP contribution in [0.5, 0.6) is 0 Å². The summed E-state index contributed by atoms with van der Waals surface area (Å²) in [7, 11) is 0. The molecule has 2 nitrogen and oxygen atoms in total. The molecule has 1 aromatic carbocycles. The first-order valence-corrected chi connectivity index (χ1v) is 7.75. The van der Waals surface area contributed by atoms with Gasteiger partial charge in [-0.05, 0) is 43.0 Å². The van der Waals surface area contributed by atoms with E-state index >= 15 is 0 Å². The molecule has 0 spiro atoms. The van der Waals surface area contributed by atoms with Crippen LogP contribution in [-0.4, -0.2) is 37.6 Å². The second-order valence-electron chi connectivity index (χ2n) is 6.03. The summed E-state index contributed by atoms with van der Waals surface area (Å²) in [4.78, 5) is 5.14. The van der Waals surface area contributed by atoms with Crippen molar-refractivity contribution in [1.29, 1.82) is 0 Å². The summed E-state index contributed by atoms with van der Waals surface area (Å²) in [5.74, 6) is 0.819. The van der Waals surface area contributed by atoms with E-state index in [1.165, 1.54) is 50.4 Å². The van der Waals surface area contributed by atoms with Gasteiger partial charge in [-0.3, -0.25) is 4.90 Å². The summed E-state index contributed by atoms with van der Waals surface area (Å²) >= 11 is 0. The molecule has 19 heavy (non-hydrogen) atoms. The van der Waals surface area contributed by atoms with Crippen molar-refractivity contribution in [3.8, 4) is 0 Å². The van der Waals surface area contributed by atoms with Gasteiger partial charge in [0, 0.05) is 31.9 Å². The Labute approximate surface area is 118 Å². The molecule has 1 saturated heterocycles. The zero-order valence-electron chi connectivity index (χ0n) is 12.7. The lowest BCUT2D eigenvalue weighted by Crippen LogP contribution is -2.46. The molecule has 1 aliphatic rings. The quantitative estimate of drug-likeness (QED) is 0.800. The summed E-state index contributed by atoms with van der Waals surface area (Å²) < 4.78 is 0. The number of anilines is 1. The molecular formula is C17H28N2. The minimum absolute atomic E-state index is 0.819. The lowest BCUT2D eigenvalue weighted by molar-refractivity contribution is 0.243. The second kappa shape index (κ2) is 6.95. The minimum Gasteiger partial charge on any atom is -0.369 e. The van der Waals surface area contributed by atoms with Gasteiger partial charge in [-0.25, -0.2) is 0 Å². The van der Waals surface area contributed by atoms with Crippen LogP contribution < -0.4 is 4.90 Å². The Kier molecular flexibility index (Phi) is 5.26. The molecule has 1 aliphatic heterocycles. The van der Waals surface area contributed by atoms with Crippen molar-refractivity contribution in [2.75, 3.05) is 37.6 Å². The number of benzene rings is 1. The van der Waals surface area contributed by atoms with Gasteiger partial charge >= 0.3 is 0 Å². The first kappa shape index (κ1) is 14.4. The van der Waals surface area contributed by atoms with Crippen LogP contribution in [0.25, 0.3) is 0 Å². The first-order valence-electron chi connectivity index (χ1n) is 7.75. The summed E-state index contributed by atoms with van der Waals surface area (Å²) in [5, 5.41) is 0. The number of nitrogens with zero attached hydrogens (tertiary/aromatic N) is 2. The van der Waals surface area contributed by atoms with Crippen LogP contribution in [0.4, 0.5) is 5.69 Å². The SMILES string of the molecule is CCc1cccc(N2CCN(CCC(C)C)CC2)c1. The molecule has 0 aliphatic carbocycles. The van der Waals surface area contributed by atoms with E-state index in [2.05, 4.69) is 54.8 Å². The van der Waals surface area contributed by atoms with Crippen LogP contribution in [0.3, 0.4) is 0 Å². The minimum atomic E-state index is 0.819. The molecule has 1 aromatic rings. The van der Waals surface area contributed by atoms with Crippen LogP contribution in [0, 0.1) is 5.92 Å². The van der Waals surface area contributed by atoms with Gasteiger partial charge in [0.15, 0.2) is 0 Å². The molecule has 0 amide bonds. The highest BCUT2D eigenvalue weighted by molar-refractivity contribution is 5.49. The molecule has 2 rings (SSSR count). The zero-order chi connectivity index (χ0) is 13.7. The predicted molar refractivity (Wildman–Crippen MR) is 83.9 cm³/mol. The summed E-state index contributed by atoms with van der Waals surface area (Å²) in [6.45, 7) is 12.9. The number of piperazine rings is 1. The summed E-state index contributed by atoms with van der Waals surface area (Å²) in [6.07, 6.45) is 2.45. The lowest BCUT2D eigenvalue weighted by Gasteiger charge is -2.36. The summed E-state index contributed by atoms with van der Waals surface area (Å²) in [6, 6.07) is 9.02. The summed E-state index contributed by atoms with van der Waals surface area (Å²) in [5.41, 5.74) is 2.85. The van der Waals surface area contributed by atoms with Gasteiger partial charge < -0.3 is 4.90 Å². The zero-order valence-corrected chi connectivity index (χ0v) is 12.7. The Bertz CT molecular complexity index is 379. The van der Waals surface area contributed by atoms with Crippen molar-refractivity contribution < 1.29 is 0 Å². The van der Waals surface area contributed by atoms with Crippen molar-refractivity contribution in [3.05, 3.63) is 29.8 Å². The van der Waals surface area contributed by atoms with Crippen LogP contribution >= 0.6 is 0 Å². The van der Waals surface area contributed by atoms with Crippen LogP contribution in [0.15, 0.2) is 24.3 Å². The Hall–Kier alpha value is -1.02. The van der Waals surface area contributed by atoms with E-state index in [-0.39, 0.29) is 0 Å². The lowest BCUT2D eigenvalue weighted by atomic mass is 10.1. The van der Waals surface area contributed by atoms with E-state index in [1.54, 1.807) is 0 Å². The predicted octanol–water partition coefficient (Wildman–Crippen LogP) is 3.42. The maximum atomic E-state index is 2.61. The molecule has 0 bridgehead atoms. The highest BCUT2D eigenvalue weighted by Crippen LogP contribution is 2.18. The van der Waals surface area contributed by atoms with Crippen molar-refractivity contribution >= 4 is 5.69 Å². The molecule has 1 heterocycles. The molecular weight excluding hydrogens is 232 g/mol. The molecule has 2 heteroatoms. The van der Waals surface area contributed by atoms with Gasteiger partial charge in [-0.15, -0.1) is 0 Å². The Morgan fingerprint density at radius 2 is 1.84 bits per heavy atom. The van der Waals surface area contributed by atoms with Crippen LogP contribution in [-0.2, 0) is 6.42 Å². The van der Waals surface area contributed by atoms with Gasteiger partial charge in [-0.2, -0.15) is 0 Å². The molecule has 0 N–H and O–H groups in total. The maximum absolute atomic E-state index is 2.61. The number of rotatable bonds is 5. The first-order chi connectivity index (χ1) is 9.19. The van der Waals surface area contributed by atoms with E-state index in [4.69, 9.17) is 0 Å². The monoisotopic (exact) mass is 260 g/mol. The molecule has 1 fully saturated rings. The molecule has 0 saturated carbocycles. The van der Waals surface area contributed by atoms with Gasteiger partial charge in [0.2, 0.25) is 0 Å². The average molecular weight is 260 g/mol. The van der Waals surface area contributed by atoms with Crippen molar-refractivity contribution in [1.82, 2.24) is 4.90 Å². The van der Waals surface area contributed by atoms with Crippen molar-refractivity contribution in [3.63, 3.8) is 0 Å². The van der Waals surface area contributed by atoms with Gasteiger partial charge in [0.05, 0.1) is 0 Å². The van der Waals surface area contributed by atoms with Crippen LogP contribution in [0.2, 0.25) is 0 Å². The Morgan fingerprint density at radius 1 is 1.11 bits per heavy atom. The molecule has 0 atom stereocenters. The number of aryl methyl sites for hydroxylation is 1. The van der Waals surface area contributed by atoms with E-state index in [9.17, 15) is 0 Å². The maximum Gasteiger partial charge on any atom is 0.0369 e. The molecule has 106 valence electrons. The largest absolute Gasteiger partial charge is 0.369 e. The van der Waals surface area contributed by atoms with E-state index in [0.29, 0.717) is 0 Å². The standard InChI is InChI=1S/C17H28N2/c1-4-16-6-5-7-17(14-16)19-12-10-18(11-13-19)9-8-15(2)3/h5-7,14-15H,4,8-13H2,1-3H3. The van der Waals surface area contributed by atoms with Gasteiger partial charge in [0.1, 0.15) is 0 Å². The normalized spacial score (nSPS) is 17.2. The second-order valence-corrected chi connectivity index (χ2v) is 6.03. The van der Waals surface area contributed by atoms with Crippen molar-refractivity contribution in [2.45, 2.75) is 33.6 Å². The van der Waals surface area contributed by atoms with E-state index in [1.807, 2.05) is 0 Å². The third kappa shape index (κ3) is 4.24. The topological polar surface area (TPSA) is 6.48 Å². The smallest absolute Gasteiger partial charge is 0.0369 e. The van der Waals surface area contributed by atoms with E-state index < -0.39 is 0 Å².